The van der Waals surface area contributed by atoms with E-state index in [-0.39, 0.29) is 5.91 Å². The molecule has 0 aromatic carbocycles. The van der Waals surface area contributed by atoms with Gasteiger partial charge in [0.25, 0.3) is 0 Å². The van der Waals surface area contributed by atoms with Crippen molar-refractivity contribution in [3.8, 4) is 0 Å². The van der Waals surface area contributed by atoms with Crippen LogP contribution in [0.2, 0.25) is 0 Å². The standard InChI is InChI=1S/C13H27NO/c1-4-7-8-10-12(9-5-2)11-14-13(15)6-3/h12H,4-11H2,1-3H3,(H,14,15). The minimum atomic E-state index is 0.187. The van der Waals surface area contributed by atoms with Gasteiger partial charge in [0.1, 0.15) is 0 Å². The summed E-state index contributed by atoms with van der Waals surface area (Å²) in [7, 11) is 0. The molecule has 0 aliphatic rings. The Bertz CT molecular complexity index is 157. The van der Waals surface area contributed by atoms with Crippen LogP contribution in [0.5, 0.6) is 0 Å². The van der Waals surface area contributed by atoms with E-state index in [2.05, 4.69) is 19.2 Å². The van der Waals surface area contributed by atoms with Gasteiger partial charge in [-0.25, -0.2) is 0 Å². The molecule has 1 unspecified atom stereocenters. The van der Waals surface area contributed by atoms with Crippen LogP contribution in [0.1, 0.15) is 65.7 Å². The molecule has 0 bridgehead atoms. The molecule has 0 fully saturated rings. The second kappa shape index (κ2) is 10.0. The second-order valence-corrected chi connectivity index (χ2v) is 4.31. The SMILES string of the molecule is CCCCCC(CCC)CNC(=O)CC. The Labute approximate surface area is 94.8 Å². The summed E-state index contributed by atoms with van der Waals surface area (Å²) in [5, 5.41) is 3.01. The van der Waals surface area contributed by atoms with Crippen molar-refractivity contribution in [1.82, 2.24) is 5.32 Å². The van der Waals surface area contributed by atoms with Gasteiger partial charge in [-0.2, -0.15) is 0 Å². The fourth-order valence-electron chi connectivity index (χ4n) is 1.82. The molecular weight excluding hydrogens is 186 g/mol. The van der Waals surface area contributed by atoms with Crippen molar-refractivity contribution in [2.24, 2.45) is 5.92 Å². The van der Waals surface area contributed by atoms with Crippen molar-refractivity contribution in [2.75, 3.05) is 6.54 Å². The summed E-state index contributed by atoms with van der Waals surface area (Å²) in [6, 6.07) is 0. The Morgan fingerprint density at radius 2 is 1.80 bits per heavy atom. The van der Waals surface area contributed by atoms with E-state index in [1.807, 2.05) is 6.92 Å². The van der Waals surface area contributed by atoms with Gasteiger partial charge in [-0.05, 0) is 18.8 Å². The number of nitrogens with one attached hydrogen (secondary N) is 1. The third-order valence-corrected chi connectivity index (χ3v) is 2.82. The zero-order valence-corrected chi connectivity index (χ0v) is 10.6. The molecule has 2 nitrogen and oxygen atoms in total. The van der Waals surface area contributed by atoms with Crippen LogP contribution in [0.25, 0.3) is 0 Å². The third-order valence-electron chi connectivity index (χ3n) is 2.82. The summed E-state index contributed by atoms with van der Waals surface area (Å²) in [6.07, 6.45) is 8.25. The monoisotopic (exact) mass is 213 g/mol. The number of hydrogen-bond donors (Lipinski definition) is 1. The highest BCUT2D eigenvalue weighted by atomic mass is 16.1. The molecule has 0 aromatic heterocycles. The molecule has 90 valence electrons. The summed E-state index contributed by atoms with van der Waals surface area (Å²) in [5.41, 5.74) is 0. The maximum Gasteiger partial charge on any atom is 0.219 e. The molecule has 0 rings (SSSR count). The molecule has 2 heteroatoms. The van der Waals surface area contributed by atoms with Crippen LogP contribution in [0.4, 0.5) is 0 Å². The number of amides is 1. The van der Waals surface area contributed by atoms with Crippen LogP contribution in [0, 0.1) is 5.92 Å². The van der Waals surface area contributed by atoms with Crippen molar-refractivity contribution in [3.63, 3.8) is 0 Å². The van der Waals surface area contributed by atoms with Gasteiger partial charge in [-0.15, -0.1) is 0 Å². The largest absolute Gasteiger partial charge is 0.356 e. The Morgan fingerprint density at radius 1 is 1.07 bits per heavy atom. The molecule has 0 radical (unpaired) electrons. The average Bonchev–Trinajstić information content (AvgIpc) is 2.25. The van der Waals surface area contributed by atoms with Crippen molar-refractivity contribution >= 4 is 5.91 Å². The van der Waals surface area contributed by atoms with E-state index < -0.39 is 0 Å². The summed E-state index contributed by atoms with van der Waals surface area (Å²) in [6.45, 7) is 7.23. The van der Waals surface area contributed by atoms with E-state index in [0.717, 1.165) is 6.54 Å². The molecule has 0 spiro atoms. The highest BCUT2D eigenvalue weighted by Crippen LogP contribution is 2.14. The maximum absolute atomic E-state index is 11.1. The predicted molar refractivity (Wildman–Crippen MR) is 65.8 cm³/mol. The van der Waals surface area contributed by atoms with Gasteiger partial charge >= 0.3 is 0 Å². The van der Waals surface area contributed by atoms with Crippen molar-refractivity contribution in [1.29, 1.82) is 0 Å². The molecule has 0 aliphatic heterocycles. The zero-order valence-electron chi connectivity index (χ0n) is 10.6. The number of hydrogen-bond acceptors (Lipinski definition) is 1. The molecule has 0 heterocycles. The van der Waals surface area contributed by atoms with Crippen LogP contribution >= 0.6 is 0 Å². The smallest absolute Gasteiger partial charge is 0.219 e. The lowest BCUT2D eigenvalue weighted by atomic mass is 9.96. The van der Waals surface area contributed by atoms with Gasteiger partial charge in [-0.1, -0.05) is 46.5 Å². The summed E-state index contributed by atoms with van der Waals surface area (Å²) < 4.78 is 0. The van der Waals surface area contributed by atoms with Gasteiger partial charge in [-0.3, -0.25) is 4.79 Å². The minimum absolute atomic E-state index is 0.187. The third kappa shape index (κ3) is 8.46. The Balaban J connectivity index is 3.66. The first-order valence-electron chi connectivity index (χ1n) is 6.51. The van der Waals surface area contributed by atoms with Gasteiger partial charge < -0.3 is 5.32 Å². The first-order chi connectivity index (χ1) is 7.24. The van der Waals surface area contributed by atoms with Crippen LogP contribution in [0.3, 0.4) is 0 Å². The molecule has 15 heavy (non-hydrogen) atoms. The number of carbonyl (C=O) groups excluding carboxylic acids is 1. The van der Waals surface area contributed by atoms with Crippen molar-refractivity contribution in [2.45, 2.75) is 65.7 Å². The Morgan fingerprint density at radius 3 is 2.33 bits per heavy atom. The molecule has 0 aromatic rings. The quantitative estimate of drug-likeness (QED) is 0.583. The molecular formula is C13H27NO. The van der Waals surface area contributed by atoms with Gasteiger partial charge in [0, 0.05) is 13.0 Å². The highest BCUT2D eigenvalue weighted by molar-refractivity contribution is 5.75. The van der Waals surface area contributed by atoms with Crippen molar-refractivity contribution < 1.29 is 4.79 Å². The summed E-state index contributed by atoms with van der Waals surface area (Å²) >= 11 is 0. The van der Waals surface area contributed by atoms with Crippen LogP contribution in [0.15, 0.2) is 0 Å². The minimum Gasteiger partial charge on any atom is -0.356 e. The zero-order chi connectivity index (χ0) is 11.5. The summed E-state index contributed by atoms with van der Waals surface area (Å²) in [5.74, 6) is 0.878. The lowest BCUT2D eigenvalue weighted by molar-refractivity contribution is -0.120. The molecule has 1 amide bonds. The van der Waals surface area contributed by atoms with E-state index >= 15 is 0 Å². The highest BCUT2D eigenvalue weighted by Gasteiger charge is 2.08. The fourth-order valence-corrected chi connectivity index (χ4v) is 1.82. The maximum atomic E-state index is 11.1. The van der Waals surface area contributed by atoms with E-state index in [9.17, 15) is 4.79 Å². The first-order valence-corrected chi connectivity index (χ1v) is 6.51. The number of rotatable bonds is 9. The Kier molecular flexibility index (Phi) is 9.65. The lowest BCUT2D eigenvalue weighted by Gasteiger charge is -2.16. The van der Waals surface area contributed by atoms with Crippen molar-refractivity contribution in [3.05, 3.63) is 0 Å². The number of unbranched alkanes of at least 4 members (excludes halogenated alkanes) is 2. The normalized spacial score (nSPS) is 12.5. The van der Waals surface area contributed by atoms with Gasteiger partial charge in [0.05, 0.1) is 0 Å². The van der Waals surface area contributed by atoms with E-state index in [4.69, 9.17) is 0 Å². The van der Waals surface area contributed by atoms with Gasteiger partial charge in [0.2, 0.25) is 5.91 Å². The lowest BCUT2D eigenvalue weighted by Crippen LogP contribution is -2.28. The predicted octanol–water partition coefficient (Wildman–Crippen LogP) is 3.51. The average molecular weight is 213 g/mol. The topological polar surface area (TPSA) is 29.1 Å². The van der Waals surface area contributed by atoms with E-state index in [0.29, 0.717) is 12.3 Å². The van der Waals surface area contributed by atoms with E-state index in [1.165, 1.54) is 38.5 Å². The fraction of sp³-hybridized carbons (Fsp3) is 0.923. The number of carbonyl (C=O) groups is 1. The first kappa shape index (κ1) is 14.5. The van der Waals surface area contributed by atoms with Crippen LogP contribution < -0.4 is 5.32 Å². The molecule has 0 saturated heterocycles. The van der Waals surface area contributed by atoms with Crippen LogP contribution in [-0.2, 0) is 4.79 Å². The van der Waals surface area contributed by atoms with Crippen LogP contribution in [-0.4, -0.2) is 12.5 Å². The molecule has 0 aliphatic carbocycles. The molecule has 1 atom stereocenters. The molecule has 1 N–H and O–H groups in total. The van der Waals surface area contributed by atoms with E-state index in [1.54, 1.807) is 0 Å². The Hall–Kier alpha value is -0.530. The summed E-state index contributed by atoms with van der Waals surface area (Å²) in [4.78, 5) is 11.1. The van der Waals surface area contributed by atoms with Gasteiger partial charge in [0.15, 0.2) is 0 Å². The molecule has 0 saturated carbocycles. The second-order valence-electron chi connectivity index (χ2n) is 4.31.